The number of carbonyl (C=O) groups is 1. The summed E-state index contributed by atoms with van der Waals surface area (Å²) < 4.78 is 1.13. The molecule has 1 atom stereocenters. The molecular weight excluding hydrogens is 281 g/mol. The van der Waals surface area contributed by atoms with E-state index in [1.807, 2.05) is 24.3 Å². The highest BCUT2D eigenvalue weighted by atomic mass is 127. The Labute approximate surface area is 90.3 Å². The fourth-order valence-corrected chi connectivity index (χ4v) is 1.22. The Morgan fingerprint density at radius 2 is 2.00 bits per heavy atom. The van der Waals surface area contributed by atoms with Crippen molar-refractivity contribution in [3.63, 3.8) is 0 Å². The van der Waals surface area contributed by atoms with E-state index in [-0.39, 0.29) is 0 Å². The summed E-state index contributed by atoms with van der Waals surface area (Å²) in [5.41, 5.74) is 0.829. The van der Waals surface area contributed by atoms with Gasteiger partial charge >= 0.3 is 5.97 Å². The van der Waals surface area contributed by atoms with Crippen LogP contribution < -0.4 is 5.32 Å². The Hall–Kier alpha value is -0.780. The molecule has 1 rings (SSSR count). The number of hydrogen-bond acceptors (Lipinski definition) is 2. The number of carboxylic acid groups (broad SMARTS) is 1. The van der Waals surface area contributed by atoms with Gasteiger partial charge in [-0.2, -0.15) is 0 Å². The summed E-state index contributed by atoms with van der Waals surface area (Å²) in [7, 11) is 0. The molecule has 0 spiro atoms. The van der Waals surface area contributed by atoms with Gasteiger partial charge in [0.1, 0.15) is 6.04 Å². The third-order valence-corrected chi connectivity index (χ3v) is 2.32. The standard InChI is InChI=1S/C9H10INO2/c1-6(9(12)13)11-8-4-2-7(10)3-5-8/h2-6,11H,1H3,(H,12,13)/t6-/m0/s1. The monoisotopic (exact) mass is 291 g/mol. The largest absolute Gasteiger partial charge is 0.480 e. The third kappa shape index (κ3) is 3.22. The lowest BCUT2D eigenvalue weighted by Gasteiger charge is -2.10. The highest BCUT2D eigenvalue weighted by Gasteiger charge is 2.09. The molecule has 0 bridgehead atoms. The van der Waals surface area contributed by atoms with Gasteiger partial charge < -0.3 is 10.4 Å². The van der Waals surface area contributed by atoms with Crippen molar-refractivity contribution in [2.75, 3.05) is 5.32 Å². The van der Waals surface area contributed by atoms with Crippen LogP contribution in [0.4, 0.5) is 5.69 Å². The van der Waals surface area contributed by atoms with Gasteiger partial charge in [0.25, 0.3) is 0 Å². The van der Waals surface area contributed by atoms with E-state index >= 15 is 0 Å². The lowest BCUT2D eigenvalue weighted by Crippen LogP contribution is -2.25. The van der Waals surface area contributed by atoms with Crippen LogP contribution in [-0.4, -0.2) is 17.1 Å². The van der Waals surface area contributed by atoms with Gasteiger partial charge in [-0.25, -0.2) is 0 Å². The molecule has 1 aromatic carbocycles. The Balaban J connectivity index is 2.64. The third-order valence-electron chi connectivity index (χ3n) is 1.60. The summed E-state index contributed by atoms with van der Waals surface area (Å²) in [4.78, 5) is 10.5. The van der Waals surface area contributed by atoms with Crippen LogP contribution in [0.1, 0.15) is 6.92 Å². The number of carboxylic acids is 1. The Kier molecular flexibility index (Phi) is 3.53. The highest BCUT2D eigenvalue weighted by molar-refractivity contribution is 14.1. The molecule has 0 heterocycles. The van der Waals surface area contributed by atoms with Crippen molar-refractivity contribution in [2.24, 2.45) is 0 Å². The molecule has 0 fully saturated rings. The van der Waals surface area contributed by atoms with Gasteiger partial charge in [-0.1, -0.05) is 0 Å². The molecule has 2 N–H and O–H groups in total. The van der Waals surface area contributed by atoms with Crippen LogP contribution in [0.15, 0.2) is 24.3 Å². The van der Waals surface area contributed by atoms with Crippen LogP contribution in [0.5, 0.6) is 0 Å². The molecule has 0 aliphatic heterocycles. The molecule has 3 nitrogen and oxygen atoms in total. The molecular formula is C9H10INO2. The average molecular weight is 291 g/mol. The second-order valence-electron chi connectivity index (χ2n) is 2.71. The topological polar surface area (TPSA) is 49.3 Å². The van der Waals surface area contributed by atoms with Gasteiger partial charge in [0.2, 0.25) is 0 Å². The van der Waals surface area contributed by atoms with E-state index in [1.165, 1.54) is 0 Å². The van der Waals surface area contributed by atoms with Gasteiger partial charge in [-0.3, -0.25) is 4.79 Å². The van der Waals surface area contributed by atoms with Crippen molar-refractivity contribution in [1.82, 2.24) is 0 Å². The van der Waals surface area contributed by atoms with Gasteiger partial charge in [-0.15, -0.1) is 0 Å². The summed E-state index contributed by atoms with van der Waals surface area (Å²) in [6.45, 7) is 1.61. The van der Waals surface area contributed by atoms with Gasteiger partial charge in [0.15, 0.2) is 0 Å². The Morgan fingerprint density at radius 3 is 2.46 bits per heavy atom. The Bertz CT molecular complexity index is 297. The fraction of sp³-hybridized carbons (Fsp3) is 0.222. The number of benzene rings is 1. The molecule has 0 radical (unpaired) electrons. The molecule has 4 heteroatoms. The quantitative estimate of drug-likeness (QED) is 0.839. The maximum Gasteiger partial charge on any atom is 0.325 e. The Morgan fingerprint density at radius 1 is 1.46 bits per heavy atom. The van der Waals surface area contributed by atoms with Crippen molar-refractivity contribution in [3.05, 3.63) is 27.8 Å². The minimum Gasteiger partial charge on any atom is -0.480 e. The summed E-state index contributed by atoms with van der Waals surface area (Å²) >= 11 is 2.20. The number of rotatable bonds is 3. The molecule has 0 aliphatic rings. The first-order valence-corrected chi connectivity index (χ1v) is 4.92. The van der Waals surface area contributed by atoms with E-state index in [0.29, 0.717) is 0 Å². The SMILES string of the molecule is C[C@H](Nc1ccc(I)cc1)C(=O)O. The van der Waals surface area contributed by atoms with Crippen molar-refractivity contribution < 1.29 is 9.90 Å². The molecule has 13 heavy (non-hydrogen) atoms. The van der Waals surface area contributed by atoms with Crippen molar-refractivity contribution in [2.45, 2.75) is 13.0 Å². The van der Waals surface area contributed by atoms with E-state index in [9.17, 15) is 4.79 Å². The number of aliphatic carboxylic acids is 1. The highest BCUT2D eigenvalue weighted by Crippen LogP contribution is 2.11. The molecule has 0 unspecified atom stereocenters. The number of hydrogen-bond donors (Lipinski definition) is 2. The number of anilines is 1. The first kappa shape index (κ1) is 10.3. The molecule has 0 saturated carbocycles. The van der Waals surface area contributed by atoms with E-state index < -0.39 is 12.0 Å². The first-order valence-electron chi connectivity index (χ1n) is 3.84. The van der Waals surface area contributed by atoms with Crippen molar-refractivity contribution >= 4 is 34.2 Å². The van der Waals surface area contributed by atoms with Crippen molar-refractivity contribution in [3.8, 4) is 0 Å². The van der Waals surface area contributed by atoms with Gasteiger partial charge in [0.05, 0.1) is 0 Å². The van der Waals surface area contributed by atoms with Crippen LogP contribution in [-0.2, 0) is 4.79 Å². The van der Waals surface area contributed by atoms with Gasteiger partial charge in [0, 0.05) is 9.26 Å². The van der Waals surface area contributed by atoms with E-state index in [2.05, 4.69) is 27.9 Å². The summed E-state index contributed by atoms with van der Waals surface area (Å²) in [5, 5.41) is 11.5. The van der Waals surface area contributed by atoms with Crippen LogP contribution in [0, 0.1) is 3.57 Å². The zero-order valence-corrected chi connectivity index (χ0v) is 9.28. The summed E-state index contributed by atoms with van der Waals surface area (Å²) in [5.74, 6) is -0.849. The van der Waals surface area contributed by atoms with Gasteiger partial charge in [-0.05, 0) is 53.8 Å². The van der Waals surface area contributed by atoms with Crippen LogP contribution >= 0.6 is 22.6 Å². The maximum atomic E-state index is 10.5. The molecule has 0 aliphatic carbocycles. The molecule has 0 aromatic heterocycles. The zero-order valence-electron chi connectivity index (χ0n) is 7.12. The zero-order chi connectivity index (χ0) is 9.84. The molecule has 70 valence electrons. The van der Waals surface area contributed by atoms with Crippen molar-refractivity contribution in [1.29, 1.82) is 0 Å². The number of nitrogens with one attached hydrogen (secondary N) is 1. The summed E-state index contributed by atoms with van der Waals surface area (Å²) in [6, 6.07) is 7.03. The van der Waals surface area contributed by atoms with E-state index in [0.717, 1.165) is 9.26 Å². The molecule has 1 aromatic rings. The minimum atomic E-state index is -0.849. The maximum absolute atomic E-state index is 10.5. The summed E-state index contributed by atoms with van der Waals surface area (Å²) in [6.07, 6.45) is 0. The van der Waals surface area contributed by atoms with Crippen LogP contribution in [0.2, 0.25) is 0 Å². The average Bonchev–Trinajstić information content (AvgIpc) is 2.08. The smallest absolute Gasteiger partial charge is 0.325 e. The predicted molar refractivity (Wildman–Crippen MR) is 59.9 cm³/mol. The second-order valence-corrected chi connectivity index (χ2v) is 3.96. The van der Waals surface area contributed by atoms with Crippen LogP contribution in [0.3, 0.4) is 0 Å². The predicted octanol–water partition coefficient (Wildman–Crippen LogP) is 2.18. The van der Waals surface area contributed by atoms with Crippen LogP contribution in [0.25, 0.3) is 0 Å². The van der Waals surface area contributed by atoms with E-state index in [1.54, 1.807) is 6.92 Å². The lowest BCUT2D eigenvalue weighted by atomic mass is 10.3. The molecule has 0 saturated heterocycles. The normalized spacial score (nSPS) is 12.2. The minimum absolute atomic E-state index is 0.555. The first-order chi connectivity index (χ1) is 6.09. The molecule has 0 amide bonds. The number of halogens is 1. The second kappa shape index (κ2) is 4.45. The van der Waals surface area contributed by atoms with E-state index in [4.69, 9.17) is 5.11 Å². The lowest BCUT2D eigenvalue weighted by molar-refractivity contribution is -0.137. The fourth-order valence-electron chi connectivity index (χ4n) is 0.858.